The highest BCUT2D eigenvalue weighted by atomic mass is 16.5. The fraction of sp³-hybridized carbons (Fsp3) is 0.500. The maximum Gasteiger partial charge on any atom is 0.329 e. The average Bonchev–Trinajstić information content (AvgIpc) is 2.03. The third-order valence-electron chi connectivity index (χ3n) is 0.459. The number of aliphatic imine (C=N–C) groups is 1. The van der Waals surface area contributed by atoms with Crippen molar-refractivity contribution in [3.8, 4) is 0 Å². The van der Waals surface area contributed by atoms with Crippen molar-refractivity contribution in [3.63, 3.8) is 0 Å². The second-order valence-electron chi connectivity index (χ2n) is 1.04. The Bertz CT molecular complexity index is 148. The van der Waals surface area contributed by atoms with Gasteiger partial charge >= 0.3 is 5.97 Å². The Morgan fingerprint density at radius 1 is 1.58 bits per heavy atom. The van der Waals surface area contributed by atoms with Crippen molar-refractivity contribution in [2.75, 3.05) is 14.2 Å². The third-order valence-corrected chi connectivity index (χ3v) is 0.459. The van der Waals surface area contributed by atoms with Crippen LogP contribution in [-0.2, 0) is 14.3 Å². The fourth-order valence-corrected chi connectivity index (χ4v) is 0.0833. The molecule has 0 heterocycles. The van der Waals surface area contributed by atoms with E-state index in [0.717, 1.165) is 6.08 Å². The van der Waals surface area contributed by atoms with Crippen LogP contribution in [0.25, 0.3) is 0 Å². The van der Waals surface area contributed by atoms with Crippen LogP contribution in [0.3, 0.4) is 0 Å². The minimum atomic E-state index is -0.394. The van der Waals surface area contributed by atoms with Crippen molar-refractivity contribution < 1.29 is 14.3 Å². The van der Waals surface area contributed by atoms with E-state index in [9.17, 15) is 4.79 Å². The molecule has 0 atom stereocenters. The van der Waals surface area contributed by atoms with Crippen LogP contribution >= 0.6 is 0 Å². The fourth-order valence-electron chi connectivity index (χ4n) is 0.0833. The first-order valence-electron chi connectivity index (χ1n) is 2.39. The summed E-state index contributed by atoms with van der Waals surface area (Å²) in [5, 5.41) is 0. The van der Waals surface area contributed by atoms with Gasteiger partial charge in [0.15, 0.2) is 0 Å². The monoisotopic (exact) mass is 175 g/mol. The molecule has 0 aliphatic rings. The van der Waals surface area contributed by atoms with E-state index in [4.69, 9.17) is 4.79 Å². The number of hydrogen-bond donors (Lipinski definition) is 0. The molecule has 0 aromatic heterocycles. The molecule has 0 saturated carbocycles. The van der Waals surface area contributed by atoms with Gasteiger partial charge in [-0.15, -0.1) is 0 Å². The summed E-state index contributed by atoms with van der Waals surface area (Å²) in [5.41, 5.74) is 0. The van der Waals surface area contributed by atoms with Gasteiger partial charge in [-0.1, -0.05) is 21.4 Å². The Hall–Kier alpha value is -1.41. The van der Waals surface area contributed by atoms with Crippen molar-refractivity contribution in [1.29, 1.82) is 0 Å². The van der Waals surface area contributed by atoms with Crippen LogP contribution in [0.2, 0.25) is 0 Å². The maximum atomic E-state index is 9.84. The van der Waals surface area contributed by atoms with Crippen LogP contribution in [0.15, 0.2) is 17.6 Å². The molecule has 0 saturated heterocycles. The Morgan fingerprint density at radius 3 is 1.92 bits per heavy atom. The number of isocyanates is 1. The minimum absolute atomic E-state index is 0. The summed E-state index contributed by atoms with van der Waals surface area (Å²) in [7, 11) is 2.69. The first-order chi connectivity index (χ1) is 4.72. The number of esters is 1. The first-order valence-corrected chi connectivity index (χ1v) is 2.39. The van der Waals surface area contributed by atoms with Crippen molar-refractivity contribution >= 4 is 12.0 Å². The van der Waals surface area contributed by atoms with E-state index in [2.05, 4.69) is 16.3 Å². The molecule has 0 aromatic rings. The number of carbonyl (C=O) groups is 1. The van der Waals surface area contributed by atoms with Crippen LogP contribution in [-0.4, -0.2) is 26.2 Å². The van der Waals surface area contributed by atoms with E-state index in [0.29, 0.717) is 0 Å². The smallest absolute Gasteiger partial charge is 0.329 e. The zero-order valence-electron chi connectivity index (χ0n) is 5.96. The molecule has 0 aromatic carbocycles. The molecule has 0 radical (unpaired) electrons. The summed E-state index contributed by atoms with van der Waals surface area (Å²) in [6.45, 7) is 3.16. The number of carbonyl (C=O) groups excluding carboxylic acids is 2. The third kappa shape index (κ3) is 38.4. The van der Waals surface area contributed by atoms with Gasteiger partial charge in [0.2, 0.25) is 6.08 Å². The number of hydrogen-bond acceptors (Lipinski definition) is 4. The summed E-state index contributed by atoms with van der Waals surface area (Å²) in [5.74, 6) is -0.394. The number of methoxy groups -OCH3 is 1. The molecule has 0 N–H and O–H groups in total. The van der Waals surface area contributed by atoms with Gasteiger partial charge < -0.3 is 4.74 Å². The standard InChI is InChI=1S/C4H6O2.C2H3NO.2CH4/c1-3-4(5)6-2;1-3-2-4;;/h3H,1H2,2H3;1H3;2*1H4. The molecule has 0 amide bonds. The largest absolute Gasteiger partial charge is 0.466 e. The Kier molecular flexibility index (Phi) is 42.3. The summed E-state index contributed by atoms with van der Waals surface area (Å²) in [6, 6.07) is 0. The quantitative estimate of drug-likeness (QED) is 0.263. The Labute approximate surface area is 74.0 Å². The molecule has 0 bridgehead atoms. The molecular weight excluding hydrogens is 158 g/mol. The predicted molar refractivity (Wildman–Crippen MR) is 49.7 cm³/mol. The second-order valence-corrected chi connectivity index (χ2v) is 1.04. The van der Waals surface area contributed by atoms with E-state index in [-0.39, 0.29) is 14.9 Å². The molecule has 4 nitrogen and oxygen atoms in total. The van der Waals surface area contributed by atoms with E-state index < -0.39 is 5.97 Å². The molecule has 72 valence electrons. The van der Waals surface area contributed by atoms with Gasteiger partial charge in [0.25, 0.3) is 0 Å². The molecule has 0 rings (SSSR count). The zero-order chi connectivity index (χ0) is 8.41. The molecule has 0 unspecified atom stereocenters. The van der Waals surface area contributed by atoms with Gasteiger partial charge in [0.1, 0.15) is 0 Å². The normalized spacial score (nSPS) is 4.83. The minimum Gasteiger partial charge on any atom is -0.466 e. The van der Waals surface area contributed by atoms with E-state index >= 15 is 0 Å². The molecule has 0 aliphatic carbocycles. The highest BCUT2D eigenvalue weighted by Gasteiger charge is 1.81. The second kappa shape index (κ2) is 22.6. The lowest BCUT2D eigenvalue weighted by atomic mass is 10.7. The molecular formula is C8H17NO3. The molecule has 0 fully saturated rings. The van der Waals surface area contributed by atoms with E-state index in [1.54, 1.807) is 0 Å². The van der Waals surface area contributed by atoms with Gasteiger partial charge in [-0.2, -0.15) is 0 Å². The van der Waals surface area contributed by atoms with Gasteiger partial charge in [0.05, 0.1) is 7.11 Å². The first kappa shape index (κ1) is 22.4. The maximum absolute atomic E-state index is 9.84. The lowest BCUT2D eigenvalue weighted by molar-refractivity contribution is -0.134. The van der Waals surface area contributed by atoms with Crippen LogP contribution in [0.4, 0.5) is 0 Å². The van der Waals surface area contributed by atoms with Crippen LogP contribution in [0.5, 0.6) is 0 Å². The van der Waals surface area contributed by atoms with Gasteiger partial charge in [0, 0.05) is 13.1 Å². The highest BCUT2D eigenvalue weighted by Crippen LogP contribution is 1.67. The van der Waals surface area contributed by atoms with Gasteiger partial charge in [-0.05, 0) is 0 Å². The highest BCUT2D eigenvalue weighted by molar-refractivity contribution is 5.80. The van der Waals surface area contributed by atoms with Gasteiger partial charge in [-0.25, -0.2) is 14.6 Å². The van der Waals surface area contributed by atoms with E-state index in [1.165, 1.54) is 20.2 Å². The van der Waals surface area contributed by atoms with Crippen molar-refractivity contribution in [2.45, 2.75) is 14.9 Å². The van der Waals surface area contributed by atoms with Crippen LogP contribution in [0.1, 0.15) is 14.9 Å². The molecule has 4 heteroatoms. The lowest BCUT2D eigenvalue weighted by Crippen LogP contribution is -1.91. The topological polar surface area (TPSA) is 55.7 Å². The number of ether oxygens (including phenoxy) is 1. The van der Waals surface area contributed by atoms with E-state index in [1.807, 2.05) is 0 Å². The lowest BCUT2D eigenvalue weighted by Gasteiger charge is -1.83. The van der Waals surface area contributed by atoms with Gasteiger partial charge in [-0.3, -0.25) is 0 Å². The summed E-state index contributed by atoms with van der Waals surface area (Å²) in [4.78, 5) is 21.7. The summed E-state index contributed by atoms with van der Waals surface area (Å²) >= 11 is 0. The number of rotatable bonds is 1. The number of nitrogens with zero attached hydrogens (tertiary/aromatic N) is 1. The zero-order valence-corrected chi connectivity index (χ0v) is 5.96. The van der Waals surface area contributed by atoms with Crippen molar-refractivity contribution in [1.82, 2.24) is 0 Å². The summed E-state index contributed by atoms with van der Waals surface area (Å²) < 4.78 is 4.14. The van der Waals surface area contributed by atoms with Crippen molar-refractivity contribution in [2.24, 2.45) is 4.99 Å². The van der Waals surface area contributed by atoms with Crippen LogP contribution in [0, 0.1) is 0 Å². The molecule has 12 heavy (non-hydrogen) atoms. The van der Waals surface area contributed by atoms with Crippen molar-refractivity contribution in [3.05, 3.63) is 12.7 Å². The SMILES string of the molecule is C.C.C=CC(=O)OC.CN=C=O. The molecule has 0 spiro atoms. The predicted octanol–water partition coefficient (Wildman–Crippen LogP) is 1.57. The molecule has 0 aliphatic heterocycles. The summed E-state index contributed by atoms with van der Waals surface area (Å²) in [6.07, 6.45) is 2.42. The average molecular weight is 175 g/mol. The Balaban J connectivity index is -0.0000000483. The van der Waals surface area contributed by atoms with Crippen LogP contribution < -0.4 is 0 Å². The Morgan fingerprint density at radius 2 is 1.92 bits per heavy atom.